The van der Waals surface area contributed by atoms with Gasteiger partial charge in [-0.15, -0.1) is 0 Å². The molecule has 0 N–H and O–H groups in total. The molecule has 1 aliphatic rings. The first kappa shape index (κ1) is 17.8. The first-order chi connectivity index (χ1) is 10.9. The third-order valence-corrected chi connectivity index (χ3v) is 4.53. The van der Waals surface area contributed by atoms with E-state index in [4.69, 9.17) is 14.2 Å². The number of aryl methyl sites for hydroxylation is 1. The molecule has 1 heterocycles. The van der Waals surface area contributed by atoms with Gasteiger partial charge >= 0.3 is 11.9 Å². The van der Waals surface area contributed by atoms with Gasteiger partial charge < -0.3 is 14.2 Å². The van der Waals surface area contributed by atoms with Gasteiger partial charge in [-0.3, -0.25) is 9.59 Å². The summed E-state index contributed by atoms with van der Waals surface area (Å²) in [6.07, 6.45) is 0.677. The van der Waals surface area contributed by atoms with Crippen molar-refractivity contribution in [2.75, 3.05) is 6.61 Å². The lowest BCUT2D eigenvalue weighted by molar-refractivity contribution is -0.162. The molecule has 5 nitrogen and oxygen atoms in total. The molecule has 3 unspecified atom stereocenters. The lowest BCUT2D eigenvalue weighted by atomic mass is 10.1. The minimum absolute atomic E-state index is 0.142. The van der Waals surface area contributed by atoms with Gasteiger partial charge in [0.25, 0.3) is 0 Å². The van der Waals surface area contributed by atoms with E-state index >= 15 is 0 Å². The van der Waals surface area contributed by atoms with Crippen molar-refractivity contribution < 1.29 is 23.8 Å². The topological polar surface area (TPSA) is 61.8 Å². The molecule has 0 amide bonds. The van der Waals surface area contributed by atoms with E-state index in [9.17, 15) is 9.59 Å². The molecule has 1 fully saturated rings. The number of hydrogen-bond donors (Lipinski definition) is 0. The average molecular weight is 338 g/mol. The van der Waals surface area contributed by atoms with Crippen LogP contribution in [0.4, 0.5) is 0 Å². The summed E-state index contributed by atoms with van der Waals surface area (Å²) in [5.41, 5.74) is 1.06. The Morgan fingerprint density at radius 1 is 1.17 bits per heavy atom. The van der Waals surface area contributed by atoms with Crippen LogP contribution in [0.15, 0.2) is 29.2 Å². The van der Waals surface area contributed by atoms with Crippen LogP contribution < -0.4 is 0 Å². The standard InChI is InChI=1S/C17H22O5S/c1-11-4-6-16(7-5-11)23-17-9-14(21-13(3)19)8-15(22-17)10-20-12(2)18/h4-7,14-15,17H,8-10H2,1-3H3. The van der Waals surface area contributed by atoms with Crippen molar-refractivity contribution >= 4 is 23.7 Å². The van der Waals surface area contributed by atoms with E-state index in [2.05, 4.69) is 0 Å². The van der Waals surface area contributed by atoms with Crippen LogP contribution in [0.3, 0.4) is 0 Å². The zero-order chi connectivity index (χ0) is 16.8. The molecule has 0 aliphatic carbocycles. The lowest BCUT2D eigenvalue weighted by Gasteiger charge is -2.34. The van der Waals surface area contributed by atoms with Crippen LogP contribution in [0.2, 0.25) is 0 Å². The van der Waals surface area contributed by atoms with Gasteiger partial charge in [0.05, 0.1) is 6.10 Å². The summed E-state index contributed by atoms with van der Waals surface area (Å²) in [6.45, 7) is 4.99. The van der Waals surface area contributed by atoms with Crippen molar-refractivity contribution in [3.05, 3.63) is 29.8 Å². The summed E-state index contributed by atoms with van der Waals surface area (Å²) in [5.74, 6) is -0.645. The fourth-order valence-corrected chi connectivity index (χ4v) is 3.54. The van der Waals surface area contributed by atoms with E-state index in [-0.39, 0.29) is 36.2 Å². The maximum Gasteiger partial charge on any atom is 0.302 e. The second-order valence-electron chi connectivity index (χ2n) is 5.62. The third kappa shape index (κ3) is 6.23. The molecule has 0 saturated carbocycles. The van der Waals surface area contributed by atoms with E-state index in [1.54, 1.807) is 11.8 Å². The summed E-state index contributed by atoms with van der Waals surface area (Å²) >= 11 is 1.59. The molecular weight excluding hydrogens is 316 g/mol. The second-order valence-corrected chi connectivity index (χ2v) is 6.86. The maximum absolute atomic E-state index is 11.2. The predicted molar refractivity (Wildman–Crippen MR) is 87.1 cm³/mol. The lowest BCUT2D eigenvalue weighted by Crippen LogP contribution is -2.39. The Hall–Kier alpha value is -1.53. The fraction of sp³-hybridized carbons (Fsp3) is 0.529. The number of thioether (sulfide) groups is 1. The molecule has 1 aromatic carbocycles. The first-order valence-electron chi connectivity index (χ1n) is 7.61. The average Bonchev–Trinajstić information content (AvgIpc) is 2.47. The molecule has 0 spiro atoms. The largest absolute Gasteiger partial charge is 0.463 e. The highest BCUT2D eigenvalue weighted by Crippen LogP contribution is 2.34. The van der Waals surface area contributed by atoms with E-state index in [1.165, 1.54) is 19.4 Å². The maximum atomic E-state index is 11.2. The van der Waals surface area contributed by atoms with Crippen LogP contribution >= 0.6 is 11.8 Å². The summed E-state index contributed by atoms with van der Waals surface area (Å²) in [4.78, 5) is 23.3. The summed E-state index contributed by atoms with van der Waals surface area (Å²) in [5, 5.41) is 0. The number of esters is 2. The predicted octanol–water partition coefficient (Wildman–Crippen LogP) is 3.09. The molecule has 0 aromatic heterocycles. The van der Waals surface area contributed by atoms with Gasteiger partial charge in [0, 0.05) is 31.6 Å². The Morgan fingerprint density at radius 3 is 2.48 bits per heavy atom. The molecule has 1 aromatic rings. The van der Waals surface area contributed by atoms with Crippen LogP contribution in [-0.2, 0) is 23.8 Å². The number of carbonyl (C=O) groups excluding carboxylic acids is 2. The minimum Gasteiger partial charge on any atom is -0.463 e. The normalized spacial score (nSPS) is 24.0. The summed E-state index contributed by atoms with van der Waals surface area (Å²) in [6, 6.07) is 8.18. The third-order valence-electron chi connectivity index (χ3n) is 3.42. The molecular formula is C17H22O5S. The second kappa shape index (κ2) is 8.36. The van der Waals surface area contributed by atoms with E-state index in [0.29, 0.717) is 12.8 Å². The molecule has 3 atom stereocenters. The van der Waals surface area contributed by atoms with Crippen LogP contribution in [0.1, 0.15) is 32.3 Å². The molecule has 2 rings (SSSR count). The zero-order valence-corrected chi connectivity index (χ0v) is 14.4. The van der Waals surface area contributed by atoms with Crippen molar-refractivity contribution in [1.29, 1.82) is 0 Å². The first-order valence-corrected chi connectivity index (χ1v) is 8.49. The number of hydrogen-bond acceptors (Lipinski definition) is 6. The van der Waals surface area contributed by atoms with E-state index in [1.807, 2.05) is 31.2 Å². The Kier molecular flexibility index (Phi) is 6.47. The van der Waals surface area contributed by atoms with Gasteiger partial charge in [-0.1, -0.05) is 29.5 Å². The van der Waals surface area contributed by atoms with Gasteiger partial charge in [-0.05, 0) is 19.1 Å². The van der Waals surface area contributed by atoms with Gasteiger partial charge in [-0.25, -0.2) is 0 Å². The molecule has 0 radical (unpaired) electrons. The smallest absolute Gasteiger partial charge is 0.302 e. The van der Waals surface area contributed by atoms with E-state index in [0.717, 1.165) is 4.90 Å². The fourth-order valence-electron chi connectivity index (χ4n) is 2.42. The molecule has 1 saturated heterocycles. The molecule has 6 heteroatoms. The zero-order valence-electron chi connectivity index (χ0n) is 13.6. The highest BCUT2D eigenvalue weighted by atomic mass is 32.2. The van der Waals surface area contributed by atoms with Gasteiger partial charge in [0.15, 0.2) is 0 Å². The molecule has 1 aliphatic heterocycles. The summed E-state index contributed by atoms with van der Waals surface area (Å²) < 4.78 is 16.4. The Balaban J connectivity index is 1.99. The van der Waals surface area contributed by atoms with Crippen LogP contribution in [0, 0.1) is 6.92 Å². The monoisotopic (exact) mass is 338 g/mol. The minimum atomic E-state index is -0.342. The van der Waals surface area contributed by atoms with Gasteiger partial charge in [0.1, 0.15) is 18.1 Å². The van der Waals surface area contributed by atoms with Gasteiger partial charge in [0.2, 0.25) is 0 Å². The summed E-state index contributed by atoms with van der Waals surface area (Å²) in [7, 11) is 0. The molecule has 126 valence electrons. The highest BCUT2D eigenvalue weighted by molar-refractivity contribution is 7.99. The van der Waals surface area contributed by atoms with Crippen molar-refractivity contribution in [1.82, 2.24) is 0 Å². The van der Waals surface area contributed by atoms with Gasteiger partial charge in [-0.2, -0.15) is 0 Å². The SMILES string of the molecule is CC(=O)OCC1CC(OC(C)=O)CC(Sc2ccc(C)cc2)O1. The Bertz CT molecular complexity index is 542. The Morgan fingerprint density at radius 2 is 1.87 bits per heavy atom. The number of rotatable bonds is 5. The van der Waals surface area contributed by atoms with Crippen molar-refractivity contribution in [3.8, 4) is 0 Å². The van der Waals surface area contributed by atoms with Crippen molar-refractivity contribution in [3.63, 3.8) is 0 Å². The Labute approximate surface area is 140 Å². The van der Waals surface area contributed by atoms with Crippen LogP contribution in [0.5, 0.6) is 0 Å². The molecule has 0 bridgehead atoms. The molecule has 23 heavy (non-hydrogen) atoms. The van der Waals surface area contributed by atoms with Crippen molar-refractivity contribution in [2.45, 2.75) is 56.2 Å². The number of ether oxygens (including phenoxy) is 3. The van der Waals surface area contributed by atoms with Crippen LogP contribution in [-0.4, -0.2) is 36.2 Å². The number of benzene rings is 1. The van der Waals surface area contributed by atoms with E-state index < -0.39 is 0 Å². The quantitative estimate of drug-likeness (QED) is 0.769. The van der Waals surface area contributed by atoms with Crippen molar-refractivity contribution in [2.24, 2.45) is 0 Å². The highest BCUT2D eigenvalue weighted by Gasteiger charge is 2.32. The number of carbonyl (C=O) groups is 2. The van der Waals surface area contributed by atoms with Crippen LogP contribution in [0.25, 0.3) is 0 Å².